The minimum atomic E-state index is -4.03. The summed E-state index contributed by atoms with van der Waals surface area (Å²) in [6, 6.07) is 2.13. The van der Waals surface area contributed by atoms with Crippen molar-refractivity contribution in [2.75, 3.05) is 13.7 Å². The standard InChI is InChI=1S/C12H12Cl2N4O4S/c1-22-12(19)11-4-7(16-17-15)6-18(11)23(20,21)8-2-3-9(13)10(14)5-8/h2-3,5,7,11H,4,6H2,1H3/t7-,11-/m1/s1. The van der Waals surface area contributed by atoms with Crippen LogP contribution in [0.2, 0.25) is 10.0 Å². The summed E-state index contributed by atoms with van der Waals surface area (Å²) in [6.45, 7) is -0.119. The van der Waals surface area contributed by atoms with Crippen LogP contribution in [0.15, 0.2) is 28.2 Å². The molecule has 23 heavy (non-hydrogen) atoms. The lowest BCUT2D eigenvalue weighted by molar-refractivity contribution is -0.144. The minimum Gasteiger partial charge on any atom is -0.468 e. The Morgan fingerprint density at radius 3 is 2.70 bits per heavy atom. The molecule has 2 rings (SSSR count). The van der Waals surface area contributed by atoms with Gasteiger partial charge in [-0.3, -0.25) is 4.79 Å². The number of hydrogen-bond donors (Lipinski definition) is 0. The van der Waals surface area contributed by atoms with Crippen molar-refractivity contribution in [2.24, 2.45) is 5.11 Å². The van der Waals surface area contributed by atoms with E-state index in [0.717, 1.165) is 11.4 Å². The summed E-state index contributed by atoms with van der Waals surface area (Å²) in [4.78, 5) is 14.4. The van der Waals surface area contributed by atoms with Crippen molar-refractivity contribution in [2.45, 2.75) is 23.4 Å². The molecule has 0 aromatic heterocycles. The molecule has 0 aliphatic carbocycles. The SMILES string of the molecule is COC(=O)[C@H]1C[C@@H](N=[N+]=[N-])CN1S(=O)(=O)c1ccc(Cl)c(Cl)c1. The van der Waals surface area contributed by atoms with Gasteiger partial charge in [0.25, 0.3) is 0 Å². The zero-order chi connectivity index (χ0) is 17.2. The predicted molar refractivity (Wildman–Crippen MR) is 83.7 cm³/mol. The Kier molecular flexibility index (Phi) is 5.38. The molecule has 8 nitrogen and oxygen atoms in total. The summed E-state index contributed by atoms with van der Waals surface area (Å²) < 4.78 is 31.1. The molecular weight excluding hydrogens is 367 g/mol. The fraction of sp³-hybridized carbons (Fsp3) is 0.417. The third-order valence-electron chi connectivity index (χ3n) is 3.42. The Hall–Kier alpha value is -1.51. The molecular formula is C12H12Cl2N4O4S. The van der Waals surface area contributed by atoms with Crippen molar-refractivity contribution in [3.05, 3.63) is 38.7 Å². The lowest BCUT2D eigenvalue weighted by atomic mass is 10.2. The molecule has 0 amide bonds. The van der Waals surface area contributed by atoms with Crippen LogP contribution >= 0.6 is 23.2 Å². The van der Waals surface area contributed by atoms with Crippen LogP contribution < -0.4 is 0 Å². The molecule has 1 heterocycles. The average molecular weight is 379 g/mol. The van der Waals surface area contributed by atoms with Gasteiger partial charge in [-0.25, -0.2) is 8.42 Å². The molecule has 0 radical (unpaired) electrons. The Bertz CT molecular complexity index is 779. The van der Waals surface area contributed by atoms with E-state index >= 15 is 0 Å². The van der Waals surface area contributed by atoms with Crippen LogP contribution in [-0.2, 0) is 19.6 Å². The van der Waals surface area contributed by atoms with Gasteiger partial charge in [0.1, 0.15) is 6.04 Å². The number of carbonyl (C=O) groups excluding carboxylic acids is 1. The number of hydrogen-bond acceptors (Lipinski definition) is 5. The molecule has 1 fully saturated rings. The molecule has 1 aliphatic rings. The Balaban J connectivity index is 2.44. The predicted octanol–water partition coefficient (Wildman–Crippen LogP) is 2.61. The van der Waals surface area contributed by atoms with Gasteiger partial charge in [-0.1, -0.05) is 28.3 Å². The van der Waals surface area contributed by atoms with E-state index in [2.05, 4.69) is 14.8 Å². The molecule has 11 heteroatoms. The highest BCUT2D eigenvalue weighted by molar-refractivity contribution is 7.89. The summed E-state index contributed by atoms with van der Waals surface area (Å²) in [7, 11) is -2.87. The van der Waals surface area contributed by atoms with Gasteiger partial charge >= 0.3 is 5.97 Å². The van der Waals surface area contributed by atoms with Crippen molar-refractivity contribution >= 4 is 39.2 Å². The van der Waals surface area contributed by atoms with E-state index in [1.54, 1.807) is 0 Å². The lowest BCUT2D eigenvalue weighted by Gasteiger charge is -2.22. The van der Waals surface area contributed by atoms with Crippen LogP contribution in [0, 0.1) is 0 Å². The number of halogens is 2. The van der Waals surface area contributed by atoms with Gasteiger partial charge in [-0.15, -0.1) is 0 Å². The van der Waals surface area contributed by atoms with Crippen LogP contribution in [0.1, 0.15) is 6.42 Å². The van der Waals surface area contributed by atoms with Crippen molar-refractivity contribution in [3.63, 3.8) is 0 Å². The Morgan fingerprint density at radius 2 is 2.13 bits per heavy atom. The van der Waals surface area contributed by atoms with Gasteiger partial charge in [0.05, 0.1) is 28.1 Å². The summed E-state index contributed by atoms with van der Waals surface area (Å²) >= 11 is 11.6. The maximum absolute atomic E-state index is 12.8. The highest BCUT2D eigenvalue weighted by Gasteiger charge is 2.44. The van der Waals surface area contributed by atoms with Crippen molar-refractivity contribution < 1.29 is 17.9 Å². The van der Waals surface area contributed by atoms with Crippen molar-refractivity contribution in [1.29, 1.82) is 0 Å². The number of carbonyl (C=O) groups is 1. The van der Waals surface area contributed by atoms with Crippen molar-refractivity contribution in [3.8, 4) is 0 Å². The van der Waals surface area contributed by atoms with E-state index in [4.69, 9.17) is 28.7 Å². The number of ether oxygens (including phenoxy) is 1. The second-order valence-corrected chi connectivity index (χ2v) is 7.49. The first-order chi connectivity index (χ1) is 10.8. The highest BCUT2D eigenvalue weighted by atomic mass is 35.5. The third-order valence-corrected chi connectivity index (χ3v) is 6.03. The fourth-order valence-electron chi connectivity index (χ4n) is 2.33. The zero-order valence-electron chi connectivity index (χ0n) is 11.9. The third kappa shape index (κ3) is 3.54. The van der Waals surface area contributed by atoms with Gasteiger partial charge in [0.15, 0.2) is 0 Å². The topological polar surface area (TPSA) is 112 Å². The summed E-state index contributed by atoms with van der Waals surface area (Å²) in [5.41, 5.74) is 8.52. The van der Waals surface area contributed by atoms with Crippen LogP contribution in [0.3, 0.4) is 0 Å². The number of methoxy groups -OCH3 is 1. The van der Waals surface area contributed by atoms with Crippen LogP contribution in [-0.4, -0.2) is 44.4 Å². The Morgan fingerprint density at radius 1 is 1.43 bits per heavy atom. The molecule has 1 aromatic rings. The van der Waals surface area contributed by atoms with Crippen LogP contribution in [0.4, 0.5) is 0 Å². The number of azide groups is 1. The fourth-order valence-corrected chi connectivity index (χ4v) is 4.35. The van der Waals surface area contributed by atoms with E-state index in [-0.39, 0.29) is 27.9 Å². The highest BCUT2D eigenvalue weighted by Crippen LogP contribution is 2.31. The molecule has 0 unspecified atom stereocenters. The van der Waals surface area contributed by atoms with Gasteiger partial charge in [-0.05, 0) is 30.2 Å². The smallest absolute Gasteiger partial charge is 0.324 e. The number of rotatable bonds is 4. The normalized spacial score (nSPS) is 21.7. The lowest BCUT2D eigenvalue weighted by Crippen LogP contribution is -2.41. The van der Waals surface area contributed by atoms with Gasteiger partial charge < -0.3 is 4.74 Å². The van der Waals surface area contributed by atoms with Gasteiger partial charge in [-0.2, -0.15) is 4.31 Å². The maximum atomic E-state index is 12.8. The largest absolute Gasteiger partial charge is 0.468 e. The molecule has 1 saturated heterocycles. The molecule has 0 saturated carbocycles. The number of nitrogens with zero attached hydrogens (tertiary/aromatic N) is 4. The second-order valence-electron chi connectivity index (χ2n) is 4.78. The molecule has 124 valence electrons. The average Bonchev–Trinajstić information content (AvgIpc) is 2.94. The van der Waals surface area contributed by atoms with E-state index in [0.29, 0.717) is 0 Å². The monoisotopic (exact) mass is 378 g/mol. The molecule has 1 aromatic carbocycles. The maximum Gasteiger partial charge on any atom is 0.324 e. The Labute approximate surface area is 142 Å². The summed E-state index contributed by atoms with van der Waals surface area (Å²) in [5, 5.41) is 3.79. The molecule has 0 N–H and O–H groups in total. The molecule has 0 spiro atoms. The molecule has 1 aliphatic heterocycles. The van der Waals surface area contributed by atoms with E-state index in [9.17, 15) is 13.2 Å². The second kappa shape index (κ2) is 6.94. The number of sulfonamides is 1. The van der Waals surface area contributed by atoms with Crippen molar-refractivity contribution in [1.82, 2.24) is 4.31 Å². The first kappa shape index (κ1) is 17.8. The van der Waals surface area contributed by atoms with E-state index in [1.807, 2.05) is 0 Å². The van der Waals surface area contributed by atoms with Gasteiger partial charge in [0, 0.05) is 11.5 Å². The zero-order valence-corrected chi connectivity index (χ0v) is 14.2. The first-order valence-corrected chi connectivity index (χ1v) is 8.59. The van der Waals surface area contributed by atoms with E-state index in [1.165, 1.54) is 18.2 Å². The van der Waals surface area contributed by atoms with E-state index < -0.39 is 28.1 Å². The molecule has 2 atom stereocenters. The number of benzene rings is 1. The number of esters is 1. The minimum absolute atomic E-state index is 0.0529. The first-order valence-electron chi connectivity index (χ1n) is 6.40. The van der Waals surface area contributed by atoms with Crippen LogP contribution in [0.25, 0.3) is 10.4 Å². The molecule has 0 bridgehead atoms. The quantitative estimate of drug-likeness (QED) is 0.346. The van der Waals surface area contributed by atoms with Gasteiger partial charge in [0.2, 0.25) is 10.0 Å². The van der Waals surface area contributed by atoms with Crippen LogP contribution in [0.5, 0.6) is 0 Å². The summed E-state index contributed by atoms with van der Waals surface area (Å²) in [6.07, 6.45) is 0.0529. The summed E-state index contributed by atoms with van der Waals surface area (Å²) in [5.74, 6) is -0.718.